The van der Waals surface area contributed by atoms with Gasteiger partial charge in [-0.15, -0.1) is 0 Å². The lowest BCUT2D eigenvalue weighted by molar-refractivity contribution is -0.182. The summed E-state index contributed by atoms with van der Waals surface area (Å²) in [5.41, 5.74) is 0.680. The highest BCUT2D eigenvalue weighted by Gasteiger charge is 2.45. The smallest absolute Gasteiger partial charge is 0.318 e. The monoisotopic (exact) mass is 761 g/mol. The van der Waals surface area contributed by atoms with Crippen LogP contribution in [0.3, 0.4) is 0 Å². The van der Waals surface area contributed by atoms with Gasteiger partial charge in [-0.3, -0.25) is 38.4 Å². The molecule has 1 aliphatic rings. The zero-order valence-electron chi connectivity index (χ0n) is 31.7. The molecule has 53 heavy (non-hydrogen) atoms. The maximum absolute atomic E-state index is 13.7. The number of rotatable bonds is 26. The highest BCUT2D eigenvalue weighted by atomic mass is 16.6. The second kappa shape index (κ2) is 23.3. The van der Waals surface area contributed by atoms with Gasteiger partial charge in [0.2, 0.25) is 0 Å². The zero-order valence-corrected chi connectivity index (χ0v) is 31.7. The van der Waals surface area contributed by atoms with Crippen LogP contribution >= 0.6 is 0 Å². The van der Waals surface area contributed by atoms with Crippen LogP contribution in [0.1, 0.15) is 80.6 Å². The van der Waals surface area contributed by atoms with Gasteiger partial charge in [0, 0.05) is 38.8 Å². The summed E-state index contributed by atoms with van der Waals surface area (Å²) in [5.74, 6) is -5.38. The Morgan fingerprint density at radius 3 is 1.32 bits per heavy atom. The van der Waals surface area contributed by atoms with Gasteiger partial charge < -0.3 is 37.9 Å². The van der Waals surface area contributed by atoms with Gasteiger partial charge in [-0.05, 0) is 27.2 Å². The molecule has 0 spiro atoms. The normalized spacial score (nSPS) is 14.7. The van der Waals surface area contributed by atoms with Crippen LogP contribution in [0.25, 0.3) is 0 Å². The molecule has 0 saturated carbocycles. The van der Waals surface area contributed by atoms with Crippen molar-refractivity contribution in [1.82, 2.24) is 16.0 Å². The highest BCUT2D eigenvalue weighted by Crippen LogP contribution is 2.28. The van der Waals surface area contributed by atoms with Crippen molar-refractivity contribution in [1.29, 1.82) is 0 Å². The quantitative estimate of drug-likeness (QED) is 0.0534. The molecule has 2 N–H and O–H groups in total. The number of nitrogens with one attached hydrogen (secondary N) is 2. The topological polar surface area (TPSA) is 238 Å². The lowest BCUT2D eigenvalue weighted by Gasteiger charge is -2.32. The lowest BCUT2D eigenvalue weighted by Crippen LogP contribution is -2.47. The van der Waals surface area contributed by atoms with E-state index in [0.717, 1.165) is 0 Å². The molecule has 0 radical (unpaired) electrons. The SMILES string of the molecule is CCC(=O)OCC(C)(COC(=O)CC)C(=O)OCC(C)(COC(=O)C(C)(COC(=O)CC)COC(=O)CC)C(=O)OCC1CN(CCCOC=O)NN1. The molecular weight excluding hydrogens is 706 g/mol. The predicted molar refractivity (Wildman–Crippen MR) is 180 cm³/mol. The van der Waals surface area contributed by atoms with Crippen LogP contribution in [0.2, 0.25) is 0 Å². The van der Waals surface area contributed by atoms with Crippen LogP contribution in [0.4, 0.5) is 0 Å². The summed E-state index contributed by atoms with van der Waals surface area (Å²) in [5, 5.41) is 1.78. The fourth-order valence-corrected chi connectivity index (χ4v) is 4.16. The van der Waals surface area contributed by atoms with E-state index in [4.69, 9.17) is 37.9 Å². The van der Waals surface area contributed by atoms with Crippen molar-refractivity contribution < 1.29 is 76.3 Å². The Kier molecular flexibility index (Phi) is 20.5. The Labute approximate surface area is 309 Å². The van der Waals surface area contributed by atoms with Gasteiger partial charge in [-0.2, -0.15) is 5.53 Å². The van der Waals surface area contributed by atoms with Gasteiger partial charge in [0.25, 0.3) is 6.47 Å². The second-order valence-corrected chi connectivity index (χ2v) is 13.2. The molecule has 1 atom stereocenters. The highest BCUT2D eigenvalue weighted by molar-refractivity contribution is 5.82. The number of ether oxygens (including phenoxy) is 8. The number of carbonyl (C=O) groups excluding carboxylic acids is 8. The van der Waals surface area contributed by atoms with Crippen molar-refractivity contribution in [3.05, 3.63) is 0 Å². The summed E-state index contributed by atoms with van der Waals surface area (Å²) >= 11 is 0. The van der Waals surface area contributed by atoms with E-state index in [-0.39, 0.29) is 38.9 Å². The van der Waals surface area contributed by atoms with E-state index in [1.807, 2.05) is 0 Å². The van der Waals surface area contributed by atoms with E-state index >= 15 is 0 Å². The van der Waals surface area contributed by atoms with Gasteiger partial charge in [0.1, 0.15) is 62.5 Å². The Bertz CT molecular complexity index is 1150. The van der Waals surface area contributed by atoms with E-state index in [9.17, 15) is 38.4 Å². The fraction of sp³-hybridized carbons (Fsp3) is 0.765. The molecule has 1 aliphatic heterocycles. The zero-order chi connectivity index (χ0) is 40.1. The molecule has 1 unspecified atom stereocenters. The van der Waals surface area contributed by atoms with Crippen LogP contribution in [0.5, 0.6) is 0 Å². The lowest BCUT2D eigenvalue weighted by atomic mass is 9.90. The molecule has 0 bridgehead atoms. The first-order valence-corrected chi connectivity index (χ1v) is 17.5. The third-order valence-electron chi connectivity index (χ3n) is 7.93. The number of carbonyl (C=O) groups is 8. The van der Waals surface area contributed by atoms with Crippen LogP contribution in [-0.4, -0.2) is 125 Å². The van der Waals surface area contributed by atoms with E-state index in [1.54, 1.807) is 32.7 Å². The Balaban J connectivity index is 3.24. The van der Waals surface area contributed by atoms with Crippen LogP contribution in [0, 0.1) is 16.2 Å². The molecule has 302 valence electrons. The van der Waals surface area contributed by atoms with E-state index in [0.29, 0.717) is 26.0 Å². The largest absolute Gasteiger partial charge is 0.468 e. The van der Waals surface area contributed by atoms with E-state index in [2.05, 4.69) is 11.0 Å². The van der Waals surface area contributed by atoms with Crippen molar-refractivity contribution in [2.45, 2.75) is 86.6 Å². The average molecular weight is 762 g/mol. The Morgan fingerprint density at radius 1 is 0.604 bits per heavy atom. The third-order valence-corrected chi connectivity index (χ3v) is 7.93. The summed E-state index contributed by atoms with van der Waals surface area (Å²) in [4.78, 5) is 98.7. The average Bonchev–Trinajstić information content (AvgIpc) is 3.63. The summed E-state index contributed by atoms with van der Waals surface area (Å²) in [7, 11) is 0. The first-order valence-electron chi connectivity index (χ1n) is 17.5. The van der Waals surface area contributed by atoms with Gasteiger partial charge in [0.15, 0.2) is 0 Å². The van der Waals surface area contributed by atoms with Gasteiger partial charge in [0.05, 0.1) is 12.6 Å². The molecule has 0 aromatic rings. The molecule has 1 heterocycles. The summed E-state index contributed by atoms with van der Waals surface area (Å²) in [6.45, 7) is 8.14. The summed E-state index contributed by atoms with van der Waals surface area (Å²) in [6, 6.07) is -0.394. The van der Waals surface area contributed by atoms with Gasteiger partial charge in [-0.25, -0.2) is 10.4 Å². The molecule has 0 aromatic heterocycles. The minimum Gasteiger partial charge on any atom is -0.468 e. The molecule has 1 saturated heterocycles. The van der Waals surface area contributed by atoms with Crippen LogP contribution < -0.4 is 11.0 Å². The van der Waals surface area contributed by atoms with Crippen molar-refractivity contribution in [3.63, 3.8) is 0 Å². The number of hydrogen-bond acceptors (Lipinski definition) is 19. The Morgan fingerprint density at radius 2 is 0.962 bits per heavy atom. The van der Waals surface area contributed by atoms with E-state index in [1.165, 1.54) is 20.8 Å². The van der Waals surface area contributed by atoms with Gasteiger partial charge in [-0.1, -0.05) is 27.7 Å². The maximum atomic E-state index is 13.7. The standard InChI is InChI=1S/C34H55N3O16/c1-8-25(39)48-17-32(5,18-49-26(40)9-2)30(44)52-21-34(7,29(43)47-16-24-15-37(36-35-24)13-12-14-46-23-38)22-53-31(45)33(6,19-50-27(41)10-3)20-51-28(42)11-4/h23-24,35-36H,8-22H2,1-7H3. The molecule has 0 aromatic carbocycles. The third kappa shape index (κ3) is 16.5. The number of nitrogens with zero attached hydrogens (tertiary/aromatic N) is 1. The van der Waals surface area contributed by atoms with Crippen molar-refractivity contribution in [2.75, 3.05) is 65.9 Å². The maximum Gasteiger partial charge on any atom is 0.318 e. The molecular formula is C34H55N3O16. The van der Waals surface area contributed by atoms with Crippen molar-refractivity contribution in [3.8, 4) is 0 Å². The molecule has 0 amide bonds. The summed E-state index contributed by atoms with van der Waals surface area (Å²) in [6.07, 6.45) is 0.599. The Hall–Kier alpha value is -4.36. The summed E-state index contributed by atoms with van der Waals surface area (Å²) < 4.78 is 42.1. The number of esters is 7. The van der Waals surface area contributed by atoms with Gasteiger partial charge >= 0.3 is 41.8 Å². The molecule has 19 nitrogen and oxygen atoms in total. The minimum atomic E-state index is -1.84. The minimum absolute atomic E-state index is 0.0150. The molecule has 1 fully saturated rings. The predicted octanol–water partition coefficient (Wildman–Crippen LogP) is 0.704. The first kappa shape index (κ1) is 46.7. The van der Waals surface area contributed by atoms with Crippen molar-refractivity contribution in [2.24, 2.45) is 16.2 Å². The number of hydrazine groups is 2. The van der Waals surface area contributed by atoms with Crippen LogP contribution in [0.15, 0.2) is 0 Å². The van der Waals surface area contributed by atoms with Crippen molar-refractivity contribution >= 4 is 48.3 Å². The van der Waals surface area contributed by atoms with Crippen LogP contribution in [-0.2, 0) is 76.3 Å². The molecule has 1 rings (SSSR count). The molecule has 0 aliphatic carbocycles. The molecule has 19 heteroatoms. The second-order valence-electron chi connectivity index (χ2n) is 13.2. The van der Waals surface area contributed by atoms with E-state index < -0.39 is 104 Å². The first-order chi connectivity index (χ1) is 25.0. The number of hydrogen-bond donors (Lipinski definition) is 2. The fourth-order valence-electron chi connectivity index (χ4n) is 4.16.